The molecule has 3 rings (SSSR count). The van der Waals surface area contributed by atoms with E-state index in [2.05, 4.69) is 29.5 Å². The predicted octanol–water partition coefficient (Wildman–Crippen LogP) is 3.77. The molecule has 2 aromatic carbocycles. The summed E-state index contributed by atoms with van der Waals surface area (Å²) in [6.45, 7) is 7.34. The molecular weight excluding hydrogens is 391 g/mol. The van der Waals surface area contributed by atoms with Crippen molar-refractivity contribution in [1.29, 1.82) is 0 Å². The van der Waals surface area contributed by atoms with Gasteiger partial charge >= 0.3 is 0 Å². The van der Waals surface area contributed by atoms with Crippen molar-refractivity contribution in [1.82, 2.24) is 9.62 Å². The van der Waals surface area contributed by atoms with E-state index in [9.17, 15) is 12.8 Å². The van der Waals surface area contributed by atoms with Crippen LogP contribution in [0.5, 0.6) is 5.75 Å². The Morgan fingerprint density at radius 2 is 1.76 bits per heavy atom. The molecule has 1 fully saturated rings. The van der Waals surface area contributed by atoms with E-state index in [0.29, 0.717) is 12.5 Å². The van der Waals surface area contributed by atoms with Crippen molar-refractivity contribution in [3.63, 3.8) is 0 Å². The average Bonchev–Trinajstić information content (AvgIpc) is 2.70. The van der Waals surface area contributed by atoms with E-state index in [1.807, 2.05) is 18.2 Å². The molecule has 0 aliphatic carbocycles. The highest BCUT2D eigenvalue weighted by atomic mass is 32.2. The third-order valence-corrected chi connectivity index (χ3v) is 6.78. The first-order valence-corrected chi connectivity index (χ1v) is 11.6. The summed E-state index contributed by atoms with van der Waals surface area (Å²) in [5.74, 6) is 0.899. The average molecular weight is 421 g/mol. The summed E-state index contributed by atoms with van der Waals surface area (Å²) in [4.78, 5) is 2.39. The number of hydrogen-bond donors (Lipinski definition) is 1. The van der Waals surface area contributed by atoms with Crippen molar-refractivity contribution in [2.24, 2.45) is 0 Å². The van der Waals surface area contributed by atoms with Crippen molar-refractivity contribution >= 4 is 10.0 Å². The first-order chi connectivity index (χ1) is 13.8. The molecule has 5 nitrogen and oxygen atoms in total. The lowest BCUT2D eigenvalue weighted by molar-refractivity contribution is 0.170. The Labute approximate surface area is 172 Å². The molecule has 29 heavy (non-hydrogen) atoms. The molecule has 1 aliphatic heterocycles. The summed E-state index contributed by atoms with van der Waals surface area (Å²) < 4.78 is 46.6. The molecule has 0 aromatic heterocycles. The van der Waals surface area contributed by atoms with Crippen LogP contribution in [0.1, 0.15) is 38.2 Å². The second-order valence-electron chi connectivity index (χ2n) is 7.73. The highest BCUT2D eigenvalue weighted by Crippen LogP contribution is 2.25. The maximum atomic E-state index is 13.0. The number of likely N-dealkylation sites (tertiary alicyclic amines) is 1. The van der Waals surface area contributed by atoms with Gasteiger partial charge in [0.05, 0.1) is 4.90 Å². The van der Waals surface area contributed by atoms with Crippen molar-refractivity contribution in [2.45, 2.75) is 43.5 Å². The van der Waals surface area contributed by atoms with Gasteiger partial charge in [0.25, 0.3) is 0 Å². The third-order valence-electron chi connectivity index (χ3n) is 5.24. The number of nitrogens with zero attached hydrogens (tertiary/aromatic N) is 1. The highest BCUT2D eigenvalue weighted by molar-refractivity contribution is 7.89. The molecule has 158 valence electrons. The number of rotatable bonds is 8. The van der Waals surface area contributed by atoms with Crippen LogP contribution in [0.3, 0.4) is 0 Å². The fourth-order valence-corrected chi connectivity index (χ4v) is 4.85. The molecule has 0 atom stereocenters. The van der Waals surface area contributed by atoms with Crippen LogP contribution in [0.15, 0.2) is 53.4 Å². The van der Waals surface area contributed by atoms with Gasteiger partial charge in [-0.2, -0.15) is 0 Å². The first kappa shape index (κ1) is 21.7. The van der Waals surface area contributed by atoms with Crippen LogP contribution in [0.4, 0.5) is 4.39 Å². The Hall–Kier alpha value is -1.96. The van der Waals surface area contributed by atoms with Crippen molar-refractivity contribution in [3.8, 4) is 5.75 Å². The normalized spacial score (nSPS) is 16.3. The molecule has 1 heterocycles. The Morgan fingerprint density at radius 1 is 1.10 bits per heavy atom. The number of hydrogen-bond acceptors (Lipinski definition) is 4. The lowest BCUT2D eigenvalue weighted by Gasteiger charge is -2.32. The van der Waals surface area contributed by atoms with Crippen LogP contribution >= 0.6 is 0 Å². The molecule has 0 radical (unpaired) electrons. The van der Waals surface area contributed by atoms with E-state index in [1.165, 1.54) is 17.7 Å². The van der Waals surface area contributed by atoms with E-state index in [-0.39, 0.29) is 10.9 Å². The standard InChI is InChI=1S/C22H29FN2O3S/c1-17(2)21-5-3-4-6-22(21)28-16-15-25-13-11-19(12-14-25)24-29(26,27)20-9-7-18(23)8-10-20/h3-10,17,19,24H,11-16H2,1-2H3. The number of para-hydroxylation sites is 1. The molecule has 2 aromatic rings. The maximum Gasteiger partial charge on any atom is 0.240 e. The number of nitrogens with one attached hydrogen (secondary N) is 1. The van der Waals surface area contributed by atoms with E-state index < -0.39 is 15.8 Å². The van der Waals surface area contributed by atoms with Gasteiger partial charge in [0.2, 0.25) is 10.0 Å². The second-order valence-corrected chi connectivity index (χ2v) is 9.45. The van der Waals surface area contributed by atoms with E-state index >= 15 is 0 Å². The summed E-state index contributed by atoms with van der Waals surface area (Å²) in [6.07, 6.45) is 1.48. The van der Waals surface area contributed by atoms with Crippen LogP contribution < -0.4 is 9.46 Å². The van der Waals surface area contributed by atoms with Crippen molar-refractivity contribution in [2.75, 3.05) is 26.2 Å². The number of ether oxygens (including phenoxy) is 1. The number of piperidine rings is 1. The third kappa shape index (κ3) is 6.01. The number of benzene rings is 2. The van der Waals surface area contributed by atoms with E-state index in [0.717, 1.165) is 50.4 Å². The highest BCUT2D eigenvalue weighted by Gasteiger charge is 2.24. The van der Waals surface area contributed by atoms with Gasteiger partial charge in [-0.05, 0) is 67.7 Å². The molecule has 0 bridgehead atoms. The van der Waals surface area contributed by atoms with Gasteiger partial charge in [-0.3, -0.25) is 4.90 Å². The Morgan fingerprint density at radius 3 is 2.41 bits per heavy atom. The summed E-state index contributed by atoms with van der Waals surface area (Å²) in [5, 5.41) is 0. The van der Waals surface area contributed by atoms with Crippen LogP contribution in [-0.4, -0.2) is 45.6 Å². The molecule has 1 aliphatic rings. The van der Waals surface area contributed by atoms with Crippen LogP contribution in [-0.2, 0) is 10.0 Å². The first-order valence-electron chi connectivity index (χ1n) is 10.1. The Bertz CT molecular complexity index is 893. The van der Waals surface area contributed by atoms with Gasteiger partial charge in [0.1, 0.15) is 18.2 Å². The second kappa shape index (κ2) is 9.69. The Kier molecular flexibility index (Phi) is 7.27. The molecule has 0 spiro atoms. The van der Waals surface area contributed by atoms with Gasteiger partial charge in [-0.25, -0.2) is 17.5 Å². The van der Waals surface area contributed by atoms with Gasteiger partial charge in [-0.15, -0.1) is 0 Å². The zero-order valence-corrected chi connectivity index (χ0v) is 17.8. The Balaban J connectivity index is 1.44. The largest absolute Gasteiger partial charge is 0.492 e. The molecular formula is C22H29FN2O3S. The maximum absolute atomic E-state index is 13.0. The molecule has 0 saturated carbocycles. The number of sulfonamides is 1. The van der Waals surface area contributed by atoms with E-state index in [4.69, 9.17) is 4.74 Å². The van der Waals surface area contributed by atoms with E-state index in [1.54, 1.807) is 0 Å². The zero-order valence-electron chi connectivity index (χ0n) is 17.0. The predicted molar refractivity (Wildman–Crippen MR) is 112 cm³/mol. The lowest BCUT2D eigenvalue weighted by Crippen LogP contribution is -2.45. The van der Waals surface area contributed by atoms with Crippen molar-refractivity contribution < 1.29 is 17.5 Å². The van der Waals surface area contributed by atoms with Crippen LogP contribution in [0.25, 0.3) is 0 Å². The van der Waals surface area contributed by atoms with Crippen LogP contribution in [0, 0.1) is 5.82 Å². The van der Waals surface area contributed by atoms with Gasteiger partial charge in [0, 0.05) is 12.6 Å². The molecule has 0 unspecified atom stereocenters. The summed E-state index contributed by atoms with van der Waals surface area (Å²) in [5.41, 5.74) is 1.21. The molecule has 0 amide bonds. The topological polar surface area (TPSA) is 58.6 Å². The summed E-state index contributed by atoms with van der Waals surface area (Å²) in [7, 11) is -3.62. The summed E-state index contributed by atoms with van der Waals surface area (Å²) >= 11 is 0. The minimum Gasteiger partial charge on any atom is -0.492 e. The minimum absolute atomic E-state index is 0.0959. The molecule has 1 N–H and O–H groups in total. The molecule has 1 saturated heterocycles. The quantitative estimate of drug-likeness (QED) is 0.706. The van der Waals surface area contributed by atoms with Crippen LogP contribution in [0.2, 0.25) is 0 Å². The minimum atomic E-state index is -3.62. The zero-order chi connectivity index (χ0) is 20.9. The molecule has 7 heteroatoms. The fourth-order valence-electron chi connectivity index (χ4n) is 3.55. The van der Waals surface area contributed by atoms with Gasteiger partial charge in [-0.1, -0.05) is 32.0 Å². The summed E-state index contributed by atoms with van der Waals surface area (Å²) in [6, 6.07) is 12.9. The fraction of sp³-hybridized carbons (Fsp3) is 0.455. The lowest BCUT2D eigenvalue weighted by atomic mass is 10.0. The monoisotopic (exact) mass is 420 g/mol. The van der Waals surface area contributed by atoms with Gasteiger partial charge in [0.15, 0.2) is 0 Å². The smallest absolute Gasteiger partial charge is 0.240 e. The van der Waals surface area contributed by atoms with Crippen molar-refractivity contribution in [3.05, 3.63) is 59.9 Å². The SMILES string of the molecule is CC(C)c1ccccc1OCCN1CCC(NS(=O)(=O)c2ccc(F)cc2)CC1. The number of halogens is 1. The van der Waals surface area contributed by atoms with Gasteiger partial charge < -0.3 is 4.74 Å².